The zero-order valence-corrected chi connectivity index (χ0v) is 9.41. The first-order valence-electron chi connectivity index (χ1n) is 4.85. The number of anilines is 2. The fraction of sp³-hybridized carbons (Fsp3) is 0. The molecule has 11 heteroatoms. The summed E-state index contributed by atoms with van der Waals surface area (Å²) in [6, 6.07) is 0. The lowest BCUT2D eigenvalue weighted by Gasteiger charge is -2.07. The van der Waals surface area contributed by atoms with Crippen LogP contribution in [0.25, 0.3) is 0 Å². The van der Waals surface area contributed by atoms with E-state index in [-0.39, 0.29) is 35.0 Å². The Morgan fingerprint density at radius 3 is 2.32 bits per heavy atom. The zero-order chi connectivity index (χ0) is 14.2. The summed E-state index contributed by atoms with van der Waals surface area (Å²) in [5.74, 6) is -1.82. The number of rotatable bonds is 1. The van der Waals surface area contributed by atoms with Crippen molar-refractivity contribution in [3.8, 4) is 0 Å². The molecule has 1 aromatic heterocycles. The van der Waals surface area contributed by atoms with Crippen LogP contribution in [0.4, 0.5) is 17.5 Å². The molecule has 2 rings (SSSR count). The molecule has 1 aliphatic heterocycles. The van der Waals surface area contributed by atoms with Gasteiger partial charge in [-0.15, -0.1) is 0 Å². The van der Waals surface area contributed by atoms with Crippen LogP contribution in [0.5, 0.6) is 0 Å². The predicted octanol–water partition coefficient (Wildman–Crippen LogP) is -2.78. The fourth-order valence-electron chi connectivity index (χ4n) is 1.30. The third-order valence-corrected chi connectivity index (χ3v) is 2.06. The van der Waals surface area contributed by atoms with Crippen LogP contribution in [0.1, 0.15) is 0 Å². The molecular formula is C8H9N9O2. The van der Waals surface area contributed by atoms with Crippen molar-refractivity contribution in [1.82, 2.24) is 9.97 Å². The first-order valence-corrected chi connectivity index (χ1v) is 4.85. The topological polar surface area (TPSA) is 204 Å². The maximum absolute atomic E-state index is 11.6. The highest BCUT2D eigenvalue weighted by molar-refractivity contribution is 6.68. The molecule has 11 nitrogen and oxygen atoms in total. The van der Waals surface area contributed by atoms with Crippen LogP contribution >= 0.6 is 0 Å². The van der Waals surface area contributed by atoms with E-state index in [0.717, 1.165) is 0 Å². The third kappa shape index (κ3) is 2.24. The monoisotopic (exact) mass is 263 g/mol. The first kappa shape index (κ1) is 12.2. The molecule has 1 aromatic rings. The van der Waals surface area contributed by atoms with Crippen LogP contribution in [0.15, 0.2) is 19.8 Å². The van der Waals surface area contributed by atoms with Gasteiger partial charge in [0.2, 0.25) is 11.9 Å². The number of aromatic amines is 1. The quantitative estimate of drug-likeness (QED) is 0.360. The summed E-state index contributed by atoms with van der Waals surface area (Å²) in [6.45, 7) is 0. The lowest BCUT2D eigenvalue weighted by molar-refractivity contribution is -0.111. The predicted molar refractivity (Wildman–Crippen MR) is 69.0 cm³/mol. The van der Waals surface area contributed by atoms with Crippen LogP contribution in [-0.4, -0.2) is 33.4 Å². The van der Waals surface area contributed by atoms with Gasteiger partial charge in [-0.1, -0.05) is 0 Å². The van der Waals surface area contributed by atoms with Crippen LogP contribution in [-0.2, 0) is 4.79 Å². The number of guanidine groups is 1. The molecular weight excluding hydrogens is 254 g/mol. The number of hydrogen-bond acceptors (Lipinski definition) is 9. The minimum atomic E-state index is -0.833. The number of aliphatic imine (C=N–C) groups is 3. The summed E-state index contributed by atoms with van der Waals surface area (Å²) >= 11 is 0. The SMILES string of the molecule is NC1=NC(=O)C(=Nc2c(N)nc(N)[nH]c2=O)C(N)=N1. The summed E-state index contributed by atoms with van der Waals surface area (Å²) in [5, 5.41) is 0. The van der Waals surface area contributed by atoms with E-state index in [1.807, 2.05) is 0 Å². The van der Waals surface area contributed by atoms with Gasteiger partial charge in [-0.2, -0.15) is 15.0 Å². The number of carbonyl (C=O) groups excluding carboxylic acids is 1. The Balaban J connectivity index is 2.58. The average Bonchev–Trinajstić information content (AvgIpc) is 2.25. The highest BCUT2D eigenvalue weighted by atomic mass is 16.1. The molecule has 0 radical (unpaired) electrons. The molecule has 0 saturated carbocycles. The van der Waals surface area contributed by atoms with Gasteiger partial charge in [-0.25, -0.2) is 4.99 Å². The number of nitrogens with zero attached hydrogens (tertiary/aromatic N) is 4. The van der Waals surface area contributed by atoms with E-state index in [1.54, 1.807) is 0 Å². The van der Waals surface area contributed by atoms with E-state index in [1.165, 1.54) is 0 Å². The summed E-state index contributed by atoms with van der Waals surface area (Å²) < 4.78 is 0. The Kier molecular flexibility index (Phi) is 2.71. The van der Waals surface area contributed by atoms with Gasteiger partial charge in [0, 0.05) is 0 Å². The number of H-pyrrole nitrogens is 1. The van der Waals surface area contributed by atoms with Crippen molar-refractivity contribution in [1.29, 1.82) is 0 Å². The summed E-state index contributed by atoms with van der Waals surface area (Å²) in [7, 11) is 0. The van der Waals surface area contributed by atoms with Crippen molar-refractivity contribution in [2.45, 2.75) is 0 Å². The third-order valence-electron chi connectivity index (χ3n) is 2.06. The molecule has 0 aliphatic carbocycles. The van der Waals surface area contributed by atoms with Crippen LogP contribution < -0.4 is 28.5 Å². The van der Waals surface area contributed by atoms with E-state index in [9.17, 15) is 9.59 Å². The minimum Gasteiger partial charge on any atom is -0.382 e. The summed E-state index contributed by atoms with van der Waals surface area (Å²) in [6.07, 6.45) is 0. The normalized spacial score (nSPS) is 17.3. The van der Waals surface area contributed by atoms with Gasteiger partial charge in [-0.05, 0) is 0 Å². The van der Waals surface area contributed by atoms with Crippen molar-refractivity contribution in [2.24, 2.45) is 26.4 Å². The number of amidine groups is 1. The second kappa shape index (κ2) is 4.21. The van der Waals surface area contributed by atoms with Gasteiger partial charge in [0.05, 0.1) is 0 Å². The van der Waals surface area contributed by atoms with Crippen molar-refractivity contribution in [3.63, 3.8) is 0 Å². The molecule has 0 atom stereocenters. The number of hydrogen-bond donors (Lipinski definition) is 5. The molecule has 1 amide bonds. The maximum Gasteiger partial charge on any atom is 0.302 e. The van der Waals surface area contributed by atoms with Gasteiger partial charge < -0.3 is 22.9 Å². The largest absolute Gasteiger partial charge is 0.382 e. The smallest absolute Gasteiger partial charge is 0.302 e. The molecule has 9 N–H and O–H groups in total. The number of aromatic nitrogens is 2. The molecule has 2 heterocycles. The Hall–Kier alpha value is -3.24. The molecule has 0 aromatic carbocycles. The highest BCUT2D eigenvalue weighted by Crippen LogP contribution is 2.14. The highest BCUT2D eigenvalue weighted by Gasteiger charge is 2.22. The van der Waals surface area contributed by atoms with E-state index < -0.39 is 11.5 Å². The Morgan fingerprint density at radius 2 is 1.74 bits per heavy atom. The maximum atomic E-state index is 11.6. The van der Waals surface area contributed by atoms with Crippen LogP contribution in [0.2, 0.25) is 0 Å². The van der Waals surface area contributed by atoms with Crippen LogP contribution in [0.3, 0.4) is 0 Å². The fourth-order valence-corrected chi connectivity index (χ4v) is 1.30. The Bertz CT molecular complexity index is 711. The van der Waals surface area contributed by atoms with E-state index in [4.69, 9.17) is 22.9 Å². The molecule has 0 saturated heterocycles. The van der Waals surface area contributed by atoms with Gasteiger partial charge in [-0.3, -0.25) is 14.6 Å². The standard InChI is InChI=1S/C8H9N9O2/c9-3-1(5(18)16-7(11)14-3)13-2-4(10)15-8(12)17-6(2)19/h(H4,9,11,14,16,18)(H5,10,12,15,17,19). The molecule has 98 valence electrons. The Morgan fingerprint density at radius 1 is 1.05 bits per heavy atom. The van der Waals surface area contributed by atoms with Crippen molar-refractivity contribution < 1.29 is 4.79 Å². The molecule has 1 aliphatic rings. The second-order valence-corrected chi connectivity index (χ2v) is 3.42. The number of nitrogens with one attached hydrogen (secondary N) is 1. The van der Waals surface area contributed by atoms with Gasteiger partial charge in [0.1, 0.15) is 0 Å². The van der Waals surface area contributed by atoms with Gasteiger partial charge in [0.15, 0.2) is 23.1 Å². The Labute approximate surface area is 105 Å². The number of carbonyl (C=O) groups is 1. The first-order chi connectivity index (χ1) is 8.88. The minimum absolute atomic E-state index is 0.176. The number of amides is 1. The molecule has 19 heavy (non-hydrogen) atoms. The van der Waals surface area contributed by atoms with Crippen molar-refractivity contribution in [3.05, 3.63) is 10.4 Å². The molecule has 0 bridgehead atoms. The average molecular weight is 263 g/mol. The zero-order valence-electron chi connectivity index (χ0n) is 9.41. The van der Waals surface area contributed by atoms with Crippen LogP contribution in [0, 0.1) is 0 Å². The summed E-state index contributed by atoms with van der Waals surface area (Å²) in [4.78, 5) is 39.6. The van der Waals surface area contributed by atoms with Crippen molar-refractivity contribution >= 4 is 40.9 Å². The lowest BCUT2D eigenvalue weighted by atomic mass is 10.3. The molecule has 0 unspecified atom stereocenters. The number of nitrogens with two attached hydrogens (primary N) is 4. The van der Waals surface area contributed by atoms with E-state index in [2.05, 4.69) is 24.9 Å². The van der Waals surface area contributed by atoms with E-state index in [0.29, 0.717) is 0 Å². The lowest BCUT2D eigenvalue weighted by Crippen LogP contribution is -2.37. The van der Waals surface area contributed by atoms with Crippen molar-refractivity contribution in [2.75, 3.05) is 11.5 Å². The summed E-state index contributed by atoms with van der Waals surface area (Å²) in [5.41, 5.74) is 20.1. The van der Waals surface area contributed by atoms with E-state index >= 15 is 0 Å². The van der Waals surface area contributed by atoms with Gasteiger partial charge in [0.25, 0.3) is 5.56 Å². The molecule has 0 spiro atoms. The number of nitrogen functional groups attached to an aromatic ring is 2. The van der Waals surface area contributed by atoms with Gasteiger partial charge >= 0.3 is 5.91 Å². The molecule has 0 fully saturated rings. The second-order valence-electron chi connectivity index (χ2n) is 3.42.